The van der Waals surface area contributed by atoms with Crippen molar-refractivity contribution in [3.8, 4) is 0 Å². The molecule has 2 aliphatic rings. The lowest BCUT2D eigenvalue weighted by atomic mass is 10.2. The van der Waals surface area contributed by atoms with Gasteiger partial charge in [0.1, 0.15) is 12.6 Å². The second-order valence-corrected chi connectivity index (χ2v) is 4.97. The maximum Gasteiger partial charge on any atom is 0.327 e. The molecule has 1 aromatic rings. The van der Waals surface area contributed by atoms with Gasteiger partial charge >= 0.3 is 6.03 Å². The normalized spacial score (nSPS) is 21.3. The molecule has 4 amide bonds. The van der Waals surface area contributed by atoms with Crippen molar-refractivity contribution in [2.45, 2.75) is 18.9 Å². The van der Waals surface area contributed by atoms with Crippen molar-refractivity contribution in [2.75, 3.05) is 18.4 Å². The van der Waals surface area contributed by atoms with Gasteiger partial charge in [-0.1, -0.05) is 18.2 Å². The SMILES string of the molecule is O=C(CN1C(=O)C2CCCN2C1=O)Nc1ccccc1. The van der Waals surface area contributed by atoms with Crippen LogP contribution in [0.1, 0.15) is 12.8 Å². The fourth-order valence-corrected chi connectivity index (χ4v) is 2.69. The molecule has 1 aromatic carbocycles. The van der Waals surface area contributed by atoms with Crippen molar-refractivity contribution in [1.82, 2.24) is 9.80 Å². The summed E-state index contributed by atoms with van der Waals surface area (Å²) in [5, 5.41) is 2.67. The van der Waals surface area contributed by atoms with Crippen LogP contribution >= 0.6 is 0 Å². The molecule has 2 heterocycles. The summed E-state index contributed by atoms with van der Waals surface area (Å²) in [5.74, 6) is -0.616. The zero-order valence-electron chi connectivity index (χ0n) is 10.9. The number of imide groups is 1. The third kappa shape index (κ3) is 2.13. The van der Waals surface area contributed by atoms with Crippen molar-refractivity contribution < 1.29 is 14.4 Å². The summed E-state index contributed by atoms with van der Waals surface area (Å²) in [6.07, 6.45) is 1.55. The Morgan fingerprint density at radius 2 is 2.00 bits per heavy atom. The highest BCUT2D eigenvalue weighted by atomic mass is 16.2. The minimum atomic E-state index is -0.362. The molecule has 0 saturated carbocycles. The summed E-state index contributed by atoms with van der Waals surface area (Å²) in [7, 11) is 0. The average molecular weight is 273 g/mol. The molecule has 6 nitrogen and oxygen atoms in total. The highest BCUT2D eigenvalue weighted by Crippen LogP contribution is 2.27. The predicted octanol–water partition coefficient (Wildman–Crippen LogP) is 1.05. The molecular formula is C14H15N3O3. The average Bonchev–Trinajstić information content (AvgIpc) is 3.00. The van der Waals surface area contributed by atoms with E-state index in [-0.39, 0.29) is 30.4 Å². The number of hydrogen-bond donors (Lipinski definition) is 1. The second-order valence-electron chi connectivity index (χ2n) is 4.97. The third-order valence-electron chi connectivity index (χ3n) is 3.64. The fraction of sp³-hybridized carbons (Fsp3) is 0.357. The number of hydrogen-bond acceptors (Lipinski definition) is 3. The first-order chi connectivity index (χ1) is 9.66. The maximum absolute atomic E-state index is 12.1. The lowest BCUT2D eigenvalue weighted by Gasteiger charge is -2.15. The molecule has 2 aliphatic heterocycles. The lowest BCUT2D eigenvalue weighted by molar-refractivity contribution is -0.131. The first-order valence-corrected chi connectivity index (χ1v) is 6.64. The van der Waals surface area contributed by atoms with Gasteiger partial charge in [-0.2, -0.15) is 0 Å². The summed E-state index contributed by atoms with van der Waals surface area (Å²) in [5.41, 5.74) is 0.650. The molecule has 0 spiro atoms. The molecule has 0 radical (unpaired) electrons. The monoisotopic (exact) mass is 273 g/mol. The first kappa shape index (κ1) is 12.7. The summed E-state index contributed by atoms with van der Waals surface area (Å²) in [6.45, 7) is 0.381. The zero-order chi connectivity index (χ0) is 14.1. The van der Waals surface area contributed by atoms with Crippen molar-refractivity contribution >= 4 is 23.5 Å². The van der Waals surface area contributed by atoms with Gasteiger partial charge in [0, 0.05) is 12.2 Å². The smallest absolute Gasteiger partial charge is 0.325 e. The fourth-order valence-electron chi connectivity index (χ4n) is 2.69. The number of benzene rings is 1. The van der Waals surface area contributed by atoms with Gasteiger partial charge < -0.3 is 10.2 Å². The van der Waals surface area contributed by atoms with Crippen LogP contribution in [0.2, 0.25) is 0 Å². The Balaban J connectivity index is 1.65. The molecule has 2 fully saturated rings. The molecular weight excluding hydrogens is 258 g/mol. The van der Waals surface area contributed by atoms with E-state index in [4.69, 9.17) is 0 Å². The van der Waals surface area contributed by atoms with Crippen molar-refractivity contribution in [3.63, 3.8) is 0 Å². The van der Waals surface area contributed by atoms with Crippen LogP contribution in [0, 0.1) is 0 Å². The van der Waals surface area contributed by atoms with Crippen molar-refractivity contribution in [3.05, 3.63) is 30.3 Å². The van der Waals surface area contributed by atoms with E-state index >= 15 is 0 Å². The molecule has 0 bridgehead atoms. The number of carbonyl (C=O) groups is 3. The number of rotatable bonds is 3. The standard InChI is InChI=1S/C14H15N3O3/c18-12(15-10-5-2-1-3-6-10)9-17-13(19)11-7-4-8-16(11)14(17)20/h1-3,5-6,11H,4,7-9H2,(H,15,18). The van der Waals surface area contributed by atoms with E-state index in [1.54, 1.807) is 29.2 Å². The summed E-state index contributed by atoms with van der Waals surface area (Å²) < 4.78 is 0. The molecule has 6 heteroatoms. The van der Waals surface area contributed by atoms with Gasteiger partial charge in [-0.3, -0.25) is 14.5 Å². The Morgan fingerprint density at radius 3 is 2.70 bits per heavy atom. The number of nitrogens with one attached hydrogen (secondary N) is 1. The Kier molecular flexibility index (Phi) is 3.14. The second kappa shape index (κ2) is 4.96. The van der Waals surface area contributed by atoms with E-state index < -0.39 is 0 Å². The van der Waals surface area contributed by atoms with E-state index in [0.717, 1.165) is 11.3 Å². The van der Waals surface area contributed by atoms with Gasteiger partial charge in [0.05, 0.1) is 0 Å². The van der Waals surface area contributed by atoms with Crippen LogP contribution in [0.5, 0.6) is 0 Å². The predicted molar refractivity (Wildman–Crippen MR) is 71.9 cm³/mol. The van der Waals surface area contributed by atoms with Gasteiger partial charge in [0.15, 0.2) is 0 Å². The molecule has 1 unspecified atom stereocenters. The minimum absolute atomic E-state index is 0.223. The van der Waals surface area contributed by atoms with Crippen LogP contribution in [0.4, 0.5) is 10.5 Å². The lowest BCUT2D eigenvalue weighted by Crippen LogP contribution is -2.39. The Hall–Kier alpha value is -2.37. The number of anilines is 1. The number of carbonyl (C=O) groups excluding carboxylic acids is 3. The summed E-state index contributed by atoms with van der Waals surface area (Å²) in [6, 6.07) is 8.26. The Labute approximate surface area is 116 Å². The van der Waals surface area contributed by atoms with Gasteiger partial charge in [-0.05, 0) is 25.0 Å². The highest BCUT2D eigenvalue weighted by molar-refractivity contribution is 6.08. The Morgan fingerprint density at radius 1 is 1.25 bits per heavy atom. The molecule has 1 N–H and O–H groups in total. The quantitative estimate of drug-likeness (QED) is 0.837. The zero-order valence-corrected chi connectivity index (χ0v) is 10.9. The van der Waals surface area contributed by atoms with E-state index in [1.807, 2.05) is 6.07 Å². The molecule has 0 aliphatic carbocycles. The number of amides is 4. The van der Waals surface area contributed by atoms with E-state index in [2.05, 4.69) is 5.32 Å². The minimum Gasteiger partial charge on any atom is -0.325 e. The molecule has 3 rings (SSSR count). The molecule has 20 heavy (non-hydrogen) atoms. The van der Waals surface area contributed by atoms with E-state index in [0.29, 0.717) is 18.7 Å². The van der Waals surface area contributed by atoms with Crippen LogP contribution in [-0.2, 0) is 9.59 Å². The topological polar surface area (TPSA) is 69.7 Å². The number of fused-ring (bicyclic) bond motifs is 1. The van der Waals surface area contributed by atoms with Gasteiger partial charge in [-0.15, -0.1) is 0 Å². The van der Waals surface area contributed by atoms with Gasteiger partial charge in [0.25, 0.3) is 5.91 Å². The van der Waals surface area contributed by atoms with Crippen LogP contribution in [0.25, 0.3) is 0 Å². The van der Waals surface area contributed by atoms with Crippen LogP contribution < -0.4 is 5.32 Å². The van der Waals surface area contributed by atoms with E-state index in [1.165, 1.54) is 0 Å². The third-order valence-corrected chi connectivity index (χ3v) is 3.64. The van der Waals surface area contributed by atoms with E-state index in [9.17, 15) is 14.4 Å². The Bertz CT molecular complexity index is 536. The number of nitrogens with zero attached hydrogens (tertiary/aromatic N) is 2. The number of urea groups is 1. The highest BCUT2D eigenvalue weighted by Gasteiger charge is 2.47. The van der Waals surface area contributed by atoms with Gasteiger partial charge in [-0.25, -0.2) is 4.79 Å². The van der Waals surface area contributed by atoms with Gasteiger partial charge in [0.2, 0.25) is 5.91 Å². The van der Waals surface area contributed by atoms with Crippen LogP contribution in [-0.4, -0.2) is 46.8 Å². The first-order valence-electron chi connectivity index (χ1n) is 6.64. The van der Waals surface area contributed by atoms with Crippen molar-refractivity contribution in [1.29, 1.82) is 0 Å². The molecule has 0 aromatic heterocycles. The molecule has 2 saturated heterocycles. The summed E-state index contributed by atoms with van der Waals surface area (Å²) in [4.78, 5) is 38.6. The van der Waals surface area contributed by atoms with Crippen LogP contribution in [0.15, 0.2) is 30.3 Å². The maximum atomic E-state index is 12.1. The number of para-hydroxylation sites is 1. The largest absolute Gasteiger partial charge is 0.327 e. The van der Waals surface area contributed by atoms with Crippen LogP contribution in [0.3, 0.4) is 0 Å². The summed E-state index contributed by atoms with van der Waals surface area (Å²) >= 11 is 0. The molecule has 104 valence electrons. The van der Waals surface area contributed by atoms with Crippen molar-refractivity contribution in [2.24, 2.45) is 0 Å². The molecule has 1 atom stereocenters.